The number of hydrogen-bond donors (Lipinski definition) is 0. The number of furan rings is 1. The average Bonchev–Trinajstić information content (AvgIpc) is 3.73. The molecule has 0 spiro atoms. The van der Waals surface area contributed by atoms with E-state index in [1.54, 1.807) is 6.07 Å². The van der Waals surface area contributed by atoms with Crippen LogP contribution in [-0.4, -0.2) is 6.71 Å². The summed E-state index contributed by atoms with van der Waals surface area (Å²) in [4.78, 5) is 2.01. The van der Waals surface area contributed by atoms with Gasteiger partial charge in [0, 0.05) is 39.0 Å². The van der Waals surface area contributed by atoms with Gasteiger partial charge in [-0.25, -0.2) is 4.39 Å². The number of fused-ring (bicyclic) bond motifs is 5. The summed E-state index contributed by atoms with van der Waals surface area (Å²) >= 11 is 0. The molecule has 0 fully saturated rings. The summed E-state index contributed by atoms with van der Waals surface area (Å²) in [5.74, 6) is 1.15. The second-order valence-corrected chi connectivity index (χ2v) is 16.5. The topological polar surface area (TPSA) is 25.6 Å². The minimum atomic E-state index is -0.327. The maximum absolute atomic E-state index is 17.2. The molecule has 0 amide bonds. The second-order valence-electron chi connectivity index (χ2n) is 16.5. The van der Waals surface area contributed by atoms with Crippen LogP contribution < -0.4 is 26.0 Å². The zero-order valence-corrected chi connectivity index (χ0v) is 35.0. The number of para-hydroxylation sites is 3. The summed E-state index contributed by atoms with van der Waals surface area (Å²) < 4.78 is 30.9. The van der Waals surface area contributed by atoms with Gasteiger partial charge in [-0.15, -0.1) is 0 Å². The zero-order valence-electron chi connectivity index (χ0n) is 35.0. The summed E-state index contributed by atoms with van der Waals surface area (Å²) in [6, 6.07) is 74.4. The molecular weight excluding hydrogens is 784 g/mol. The third kappa shape index (κ3) is 6.19. The first-order valence-electron chi connectivity index (χ1n) is 21.7. The standard InChI is InChI=1S/C59H39BFNO2/c1-38-17-11-13-27-50(38)60(52-28-15-25-47-44-24-12-14-29-54(44)64-59(47)52)51-34-33-46-45-32-31-43(37-56(45)63-55-30-16-26-48(51)57(46)55)62(42-22-9-4-10-23-42)58-49(40-20-7-3-8-21-40)35-41(36-53(58)61)39-18-5-2-6-19-39/h2-37H,1H3. The van der Waals surface area contributed by atoms with Crippen LogP contribution in [0.25, 0.3) is 66.1 Å². The largest absolute Gasteiger partial charge is 0.457 e. The molecule has 11 aromatic rings. The molecule has 0 N–H and O–H groups in total. The van der Waals surface area contributed by atoms with Gasteiger partial charge in [-0.1, -0.05) is 180 Å². The first-order chi connectivity index (χ1) is 31.6. The first kappa shape index (κ1) is 37.6. The Labute approximate surface area is 371 Å². The van der Waals surface area contributed by atoms with Crippen LogP contribution in [0.15, 0.2) is 223 Å². The molecule has 1 aliphatic heterocycles. The Kier molecular flexibility index (Phi) is 9.01. The maximum Gasteiger partial charge on any atom is 0.247 e. The summed E-state index contributed by atoms with van der Waals surface area (Å²) in [6.45, 7) is 2.06. The number of hydrogen-bond acceptors (Lipinski definition) is 3. The average molecular weight is 824 g/mol. The minimum absolute atomic E-state index is 0.125. The van der Waals surface area contributed by atoms with Crippen LogP contribution in [0.5, 0.6) is 11.5 Å². The lowest BCUT2D eigenvalue weighted by Crippen LogP contribution is -2.53. The molecule has 3 nitrogen and oxygen atoms in total. The molecule has 64 heavy (non-hydrogen) atoms. The van der Waals surface area contributed by atoms with Crippen LogP contribution in [0.1, 0.15) is 5.56 Å². The Morgan fingerprint density at radius 1 is 0.438 bits per heavy atom. The minimum Gasteiger partial charge on any atom is -0.457 e. The van der Waals surface area contributed by atoms with Crippen molar-refractivity contribution in [2.75, 3.05) is 4.90 Å². The van der Waals surface area contributed by atoms with Crippen LogP contribution in [0.4, 0.5) is 21.5 Å². The van der Waals surface area contributed by atoms with Crippen LogP contribution in [0.3, 0.4) is 0 Å². The highest BCUT2D eigenvalue weighted by Gasteiger charge is 2.32. The Balaban J connectivity index is 1.03. The first-order valence-corrected chi connectivity index (χ1v) is 21.7. The molecular formula is C59H39BFNO2. The monoisotopic (exact) mass is 823 g/mol. The summed E-state index contributed by atoms with van der Waals surface area (Å²) in [5.41, 5.74) is 14.1. The molecule has 0 radical (unpaired) electrons. The number of benzene rings is 10. The van der Waals surface area contributed by atoms with Crippen molar-refractivity contribution in [3.05, 3.63) is 230 Å². The van der Waals surface area contributed by atoms with Gasteiger partial charge in [0.1, 0.15) is 28.5 Å². The Morgan fingerprint density at radius 3 is 1.91 bits per heavy atom. The van der Waals surface area contributed by atoms with Crippen LogP contribution in [0.2, 0.25) is 0 Å². The van der Waals surface area contributed by atoms with Gasteiger partial charge in [0.25, 0.3) is 0 Å². The number of anilines is 3. The van der Waals surface area contributed by atoms with Crippen molar-refractivity contribution in [2.24, 2.45) is 0 Å². The van der Waals surface area contributed by atoms with E-state index in [0.717, 1.165) is 88.7 Å². The van der Waals surface area contributed by atoms with Gasteiger partial charge in [0.05, 0.1) is 11.4 Å². The van der Waals surface area contributed by atoms with E-state index in [-0.39, 0.29) is 12.5 Å². The number of halogens is 1. The van der Waals surface area contributed by atoms with Crippen molar-refractivity contribution in [1.82, 2.24) is 0 Å². The van der Waals surface area contributed by atoms with Crippen molar-refractivity contribution >= 4 is 72.9 Å². The van der Waals surface area contributed by atoms with Crippen molar-refractivity contribution in [3.63, 3.8) is 0 Å². The smallest absolute Gasteiger partial charge is 0.247 e. The molecule has 302 valence electrons. The third-order valence-electron chi connectivity index (χ3n) is 12.8. The number of ether oxygens (including phenoxy) is 1. The lowest BCUT2D eigenvalue weighted by molar-refractivity contribution is 0.487. The van der Waals surface area contributed by atoms with E-state index in [2.05, 4.69) is 116 Å². The van der Waals surface area contributed by atoms with Crippen LogP contribution in [-0.2, 0) is 0 Å². The molecule has 0 aliphatic carbocycles. The SMILES string of the molecule is Cc1ccccc1B(c1ccc2c3c(cccc13)Oc1cc(N(c3ccccc3)c3c(F)cc(-c4ccccc4)cc3-c3ccccc3)ccc1-2)c1cccc2c1oc1ccccc12. The molecule has 12 rings (SSSR count). The lowest BCUT2D eigenvalue weighted by Gasteiger charge is -2.30. The van der Waals surface area contributed by atoms with Gasteiger partial charge in [-0.2, -0.15) is 0 Å². The molecule has 1 aliphatic rings. The van der Waals surface area contributed by atoms with Crippen molar-refractivity contribution in [2.45, 2.75) is 6.92 Å². The molecule has 0 unspecified atom stereocenters. The summed E-state index contributed by atoms with van der Waals surface area (Å²) in [7, 11) is 0. The van der Waals surface area contributed by atoms with Crippen molar-refractivity contribution < 1.29 is 13.5 Å². The van der Waals surface area contributed by atoms with Gasteiger partial charge in [0.15, 0.2) is 0 Å². The Morgan fingerprint density at radius 2 is 1.09 bits per heavy atom. The Hall–Kier alpha value is -8.15. The van der Waals surface area contributed by atoms with Gasteiger partial charge >= 0.3 is 0 Å². The Bertz CT molecular complexity index is 3570. The van der Waals surface area contributed by atoms with Gasteiger partial charge < -0.3 is 14.1 Å². The molecule has 10 aromatic carbocycles. The fourth-order valence-corrected chi connectivity index (χ4v) is 9.89. The van der Waals surface area contributed by atoms with Crippen LogP contribution >= 0.6 is 0 Å². The summed E-state index contributed by atoms with van der Waals surface area (Å²) in [6.07, 6.45) is 0. The van der Waals surface area contributed by atoms with Gasteiger partial charge in [-0.05, 0) is 88.6 Å². The van der Waals surface area contributed by atoms with E-state index in [1.807, 2.05) is 108 Å². The lowest BCUT2D eigenvalue weighted by atomic mass is 9.35. The summed E-state index contributed by atoms with van der Waals surface area (Å²) in [5, 5.41) is 4.39. The fourth-order valence-electron chi connectivity index (χ4n) is 9.89. The molecule has 0 atom stereocenters. The van der Waals surface area contributed by atoms with E-state index >= 15 is 4.39 Å². The highest BCUT2D eigenvalue weighted by atomic mass is 19.1. The predicted molar refractivity (Wildman–Crippen MR) is 265 cm³/mol. The number of aryl methyl sites for hydroxylation is 1. The van der Waals surface area contributed by atoms with E-state index < -0.39 is 0 Å². The second kappa shape index (κ2) is 15.3. The van der Waals surface area contributed by atoms with E-state index in [0.29, 0.717) is 11.4 Å². The highest BCUT2D eigenvalue weighted by molar-refractivity contribution is 6.98. The molecule has 5 heteroatoms. The highest BCUT2D eigenvalue weighted by Crippen LogP contribution is 2.50. The van der Waals surface area contributed by atoms with Crippen molar-refractivity contribution in [1.29, 1.82) is 0 Å². The number of rotatable bonds is 8. The fraction of sp³-hybridized carbons (Fsp3) is 0.0169. The molecule has 2 heterocycles. The predicted octanol–water partition coefficient (Wildman–Crippen LogP) is 14.3. The van der Waals surface area contributed by atoms with Gasteiger partial charge in [-0.3, -0.25) is 0 Å². The maximum atomic E-state index is 17.2. The zero-order chi connectivity index (χ0) is 42.7. The third-order valence-corrected chi connectivity index (χ3v) is 12.8. The van der Waals surface area contributed by atoms with E-state index in [1.165, 1.54) is 16.5 Å². The van der Waals surface area contributed by atoms with Crippen LogP contribution in [0, 0.1) is 12.7 Å². The van der Waals surface area contributed by atoms with E-state index in [9.17, 15) is 0 Å². The molecule has 0 bridgehead atoms. The molecule has 0 saturated carbocycles. The molecule has 1 aromatic heterocycles. The van der Waals surface area contributed by atoms with Gasteiger partial charge in [0.2, 0.25) is 6.71 Å². The molecule has 0 saturated heterocycles. The normalized spacial score (nSPS) is 11.7. The number of nitrogens with zero attached hydrogens (tertiary/aromatic N) is 1. The van der Waals surface area contributed by atoms with E-state index in [4.69, 9.17) is 9.15 Å². The van der Waals surface area contributed by atoms with Crippen molar-refractivity contribution in [3.8, 4) is 44.9 Å². The quantitative estimate of drug-likeness (QED) is 0.143.